The molecule has 8 heteroatoms. The van der Waals surface area contributed by atoms with Gasteiger partial charge in [0.1, 0.15) is 0 Å². The first kappa shape index (κ1) is 21.3. The Hall–Kier alpha value is -0.740. The zero-order chi connectivity index (χ0) is 16.7. The van der Waals surface area contributed by atoms with Crippen molar-refractivity contribution in [2.75, 3.05) is 13.1 Å². The Morgan fingerprint density at radius 3 is 2.58 bits per heavy atom. The van der Waals surface area contributed by atoms with Gasteiger partial charge >= 0.3 is 0 Å². The summed E-state index contributed by atoms with van der Waals surface area (Å²) in [6, 6.07) is 0. The maximum absolute atomic E-state index is 4.66. The lowest BCUT2D eigenvalue weighted by Gasteiger charge is -2.10. The normalized spacial score (nSPS) is 11.2. The van der Waals surface area contributed by atoms with Crippen molar-refractivity contribution in [3.05, 3.63) is 31.7 Å². The molecule has 2 N–H and O–H groups in total. The van der Waals surface area contributed by atoms with Gasteiger partial charge in [0.15, 0.2) is 5.96 Å². The van der Waals surface area contributed by atoms with Crippen molar-refractivity contribution >= 4 is 52.6 Å². The number of rotatable bonds is 7. The number of hydrogen-bond acceptors (Lipinski definition) is 5. The largest absolute Gasteiger partial charge is 0.357 e. The van der Waals surface area contributed by atoms with E-state index in [1.165, 1.54) is 9.88 Å². The smallest absolute Gasteiger partial charge is 0.191 e. The van der Waals surface area contributed by atoms with Gasteiger partial charge in [0.25, 0.3) is 0 Å². The molecule has 2 rings (SSSR count). The first-order valence-electron chi connectivity index (χ1n) is 8.00. The van der Waals surface area contributed by atoms with E-state index in [0.717, 1.165) is 48.3 Å². The topological polar surface area (TPSA) is 62.2 Å². The summed E-state index contributed by atoms with van der Waals surface area (Å²) < 4.78 is 0. The Kier molecular flexibility index (Phi) is 9.75. The summed E-state index contributed by atoms with van der Waals surface area (Å²) >= 11 is 3.46. The molecule has 0 amide bonds. The zero-order valence-electron chi connectivity index (χ0n) is 14.7. The molecule has 0 aliphatic heterocycles. The molecule has 0 spiro atoms. The molecule has 0 saturated carbocycles. The van der Waals surface area contributed by atoms with Crippen LogP contribution in [0.25, 0.3) is 0 Å². The Morgan fingerprint density at radius 2 is 2.00 bits per heavy atom. The minimum atomic E-state index is 0. The highest BCUT2D eigenvalue weighted by Gasteiger charge is 2.05. The average molecular weight is 479 g/mol. The second-order valence-electron chi connectivity index (χ2n) is 5.20. The van der Waals surface area contributed by atoms with Gasteiger partial charge in [-0.25, -0.2) is 15.0 Å². The van der Waals surface area contributed by atoms with E-state index in [1.807, 2.05) is 13.8 Å². The molecule has 2 heterocycles. The summed E-state index contributed by atoms with van der Waals surface area (Å²) in [6.07, 6.45) is 1.93. The first-order valence-corrected chi connectivity index (χ1v) is 9.70. The molecule has 134 valence electrons. The quantitative estimate of drug-likeness (QED) is 0.361. The maximum atomic E-state index is 4.66. The monoisotopic (exact) mass is 479 g/mol. The molecule has 0 saturated heterocycles. The van der Waals surface area contributed by atoms with Crippen molar-refractivity contribution in [2.24, 2.45) is 4.99 Å². The van der Waals surface area contributed by atoms with Gasteiger partial charge in [-0.2, -0.15) is 0 Å². The van der Waals surface area contributed by atoms with Crippen molar-refractivity contribution in [2.45, 2.75) is 47.1 Å². The number of guanidine groups is 1. The van der Waals surface area contributed by atoms with Crippen LogP contribution in [0.4, 0.5) is 0 Å². The third-order valence-corrected chi connectivity index (χ3v) is 5.40. The van der Waals surface area contributed by atoms with Crippen LogP contribution in [0.2, 0.25) is 0 Å². The molecular weight excluding hydrogens is 453 g/mol. The number of nitrogens with zero attached hydrogens (tertiary/aromatic N) is 3. The van der Waals surface area contributed by atoms with Crippen LogP contribution in [0.1, 0.15) is 40.1 Å². The van der Waals surface area contributed by atoms with Gasteiger partial charge in [0.05, 0.1) is 27.9 Å². The van der Waals surface area contributed by atoms with Crippen LogP contribution in [0, 0.1) is 13.8 Å². The molecule has 0 aliphatic rings. The van der Waals surface area contributed by atoms with Gasteiger partial charge in [-0.15, -0.1) is 46.7 Å². The van der Waals surface area contributed by atoms with Gasteiger partial charge in [-0.05, 0) is 27.2 Å². The average Bonchev–Trinajstić information content (AvgIpc) is 3.11. The molecule has 0 unspecified atom stereocenters. The number of aryl methyl sites for hydroxylation is 3. The highest BCUT2D eigenvalue weighted by Crippen LogP contribution is 2.17. The lowest BCUT2D eigenvalue weighted by Crippen LogP contribution is -2.38. The number of thiazole rings is 2. The molecule has 0 aromatic carbocycles. The fourth-order valence-electron chi connectivity index (χ4n) is 2.15. The maximum Gasteiger partial charge on any atom is 0.191 e. The summed E-state index contributed by atoms with van der Waals surface area (Å²) in [6.45, 7) is 10.6. The fraction of sp³-hybridized carbons (Fsp3) is 0.562. The third kappa shape index (κ3) is 6.64. The van der Waals surface area contributed by atoms with Crippen molar-refractivity contribution in [3.8, 4) is 0 Å². The predicted octanol–water partition coefficient (Wildman–Crippen LogP) is 3.69. The Bertz CT molecular complexity index is 651. The molecule has 24 heavy (non-hydrogen) atoms. The number of halogens is 1. The summed E-state index contributed by atoms with van der Waals surface area (Å²) in [4.78, 5) is 14.9. The molecule has 0 aliphatic carbocycles. The number of nitrogens with one attached hydrogen (secondary N) is 2. The summed E-state index contributed by atoms with van der Waals surface area (Å²) in [5.41, 5.74) is 2.24. The summed E-state index contributed by atoms with van der Waals surface area (Å²) in [7, 11) is 0. The Morgan fingerprint density at radius 1 is 1.21 bits per heavy atom. The molecule has 2 aromatic rings. The van der Waals surface area contributed by atoms with Crippen LogP contribution in [0.3, 0.4) is 0 Å². The van der Waals surface area contributed by atoms with E-state index in [0.29, 0.717) is 6.54 Å². The van der Waals surface area contributed by atoms with E-state index >= 15 is 0 Å². The Balaban J connectivity index is 0.00000288. The lowest BCUT2D eigenvalue weighted by atomic mass is 10.3. The van der Waals surface area contributed by atoms with Crippen molar-refractivity contribution in [1.29, 1.82) is 0 Å². The SMILES string of the molecule is CCNC(=NCc1sc(C)nc1C)NCCc1csc(CC)n1.I. The molecule has 2 aromatic heterocycles. The molecular formula is C16H26IN5S2. The number of hydrogen-bond donors (Lipinski definition) is 2. The molecule has 0 fully saturated rings. The van der Waals surface area contributed by atoms with Crippen molar-refractivity contribution in [1.82, 2.24) is 20.6 Å². The van der Waals surface area contributed by atoms with Gasteiger partial charge in [0, 0.05) is 29.8 Å². The standard InChI is InChI=1S/C16H25N5S2.HI/c1-5-15-21-13(10-22-15)7-8-18-16(17-6-2)19-9-14-11(3)20-12(4)23-14;/h10H,5-9H2,1-4H3,(H2,17,18,19);1H. The van der Waals surface area contributed by atoms with E-state index in [-0.39, 0.29) is 24.0 Å². The second-order valence-corrected chi connectivity index (χ2v) is 7.43. The minimum absolute atomic E-state index is 0. The van der Waals surface area contributed by atoms with E-state index in [4.69, 9.17) is 0 Å². The van der Waals surface area contributed by atoms with Crippen LogP contribution in [-0.2, 0) is 19.4 Å². The number of aliphatic imine (C=N–C) groups is 1. The van der Waals surface area contributed by atoms with Crippen LogP contribution in [-0.4, -0.2) is 29.0 Å². The van der Waals surface area contributed by atoms with E-state index in [9.17, 15) is 0 Å². The van der Waals surface area contributed by atoms with Crippen molar-refractivity contribution < 1.29 is 0 Å². The third-order valence-electron chi connectivity index (χ3n) is 3.30. The Labute approximate surface area is 169 Å². The second kappa shape index (κ2) is 11.0. The van der Waals surface area contributed by atoms with Crippen LogP contribution in [0.5, 0.6) is 0 Å². The highest BCUT2D eigenvalue weighted by molar-refractivity contribution is 14.0. The van der Waals surface area contributed by atoms with Gasteiger partial charge in [-0.3, -0.25) is 0 Å². The van der Waals surface area contributed by atoms with Crippen LogP contribution >= 0.6 is 46.7 Å². The zero-order valence-corrected chi connectivity index (χ0v) is 18.6. The summed E-state index contributed by atoms with van der Waals surface area (Å²) in [5, 5.41) is 11.1. The van der Waals surface area contributed by atoms with Crippen LogP contribution in [0.15, 0.2) is 10.4 Å². The van der Waals surface area contributed by atoms with E-state index in [2.05, 4.69) is 44.8 Å². The fourth-order valence-corrected chi connectivity index (χ4v) is 3.79. The predicted molar refractivity (Wildman–Crippen MR) is 115 cm³/mol. The molecule has 5 nitrogen and oxygen atoms in total. The molecule has 0 atom stereocenters. The first-order chi connectivity index (χ1) is 11.1. The van der Waals surface area contributed by atoms with Gasteiger partial charge < -0.3 is 10.6 Å². The molecule has 0 radical (unpaired) electrons. The number of aromatic nitrogens is 2. The summed E-state index contributed by atoms with van der Waals surface area (Å²) in [5.74, 6) is 0.851. The minimum Gasteiger partial charge on any atom is -0.357 e. The van der Waals surface area contributed by atoms with Crippen LogP contribution < -0.4 is 10.6 Å². The van der Waals surface area contributed by atoms with E-state index in [1.54, 1.807) is 22.7 Å². The highest BCUT2D eigenvalue weighted by atomic mass is 127. The van der Waals surface area contributed by atoms with Gasteiger partial charge in [0.2, 0.25) is 0 Å². The molecule has 0 bridgehead atoms. The van der Waals surface area contributed by atoms with E-state index < -0.39 is 0 Å². The van der Waals surface area contributed by atoms with Gasteiger partial charge in [-0.1, -0.05) is 6.92 Å². The van der Waals surface area contributed by atoms with Crippen molar-refractivity contribution in [3.63, 3.8) is 0 Å². The lowest BCUT2D eigenvalue weighted by molar-refractivity contribution is 0.789.